The second kappa shape index (κ2) is 26.2. The van der Waals surface area contributed by atoms with Crippen LogP contribution in [-0.2, 0) is 56.0 Å². The van der Waals surface area contributed by atoms with Crippen LogP contribution < -0.4 is 0 Å². The van der Waals surface area contributed by atoms with Gasteiger partial charge < -0.3 is 11.0 Å². The van der Waals surface area contributed by atoms with E-state index in [1.54, 1.807) is 0 Å². The Morgan fingerprint density at radius 3 is 0.750 bits per heavy atom. The van der Waals surface area contributed by atoms with Crippen molar-refractivity contribution in [1.29, 1.82) is 0 Å². The maximum atomic E-state index is 0. The number of rotatable bonds is 0. The van der Waals surface area contributed by atoms with Crippen LogP contribution in [0, 0.1) is 0 Å². The smallest absolute Gasteiger partial charge is 2.00 e. The van der Waals surface area contributed by atoms with Crippen LogP contribution in [0.25, 0.3) is 0 Å². The summed E-state index contributed by atoms with van der Waals surface area (Å²) in [4.78, 5) is 0. The quantitative estimate of drug-likeness (QED) is 0.551. The molecule has 0 aromatic carbocycles. The zero-order chi connectivity index (χ0) is 0. The third-order valence-corrected chi connectivity index (χ3v) is 0. The molecular weight excluding hydrogens is 285 g/mol. The molecule has 4 heavy (non-hydrogen) atoms. The molecule has 0 aliphatic heterocycles. The summed E-state index contributed by atoms with van der Waals surface area (Å²) in [6.45, 7) is 0. The van der Waals surface area contributed by atoms with Crippen LogP contribution in [0.3, 0.4) is 0 Å². The molecule has 0 aliphatic rings. The molecule has 0 aromatic heterocycles. The van der Waals surface area contributed by atoms with Gasteiger partial charge in [-0.2, -0.15) is 0 Å². The van der Waals surface area contributed by atoms with E-state index < -0.39 is 0 Å². The SMILES string of the molecule is [Cr+3].[Hg+].[O-2].[O-2]. The van der Waals surface area contributed by atoms with Gasteiger partial charge in [0.15, 0.2) is 0 Å². The van der Waals surface area contributed by atoms with Crippen molar-refractivity contribution in [3.05, 3.63) is 0 Å². The fraction of sp³-hybridized carbons (Fsp3) is 0. The van der Waals surface area contributed by atoms with Crippen molar-refractivity contribution in [2.24, 2.45) is 0 Å². The van der Waals surface area contributed by atoms with E-state index in [0.717, 1.165) is 0 Å². The topological polar surface area (TPSA) is 57.0 Å². The molecule has 20 valence electrons. The van der Waals surface area contributed by atoms with E-state index >= 15 is 0 Å². The summed E-state index contributed by atoms with van der Waals surface area (Å²) in [6, 6.07) is 0. The van der Waals surface area contributed by atoms with Crippen molar-refractivity contribution >= 4 is 0 Å². The summed E-state index contributed by atoms with van der Waals surface area (Å²) >= 11 is 0. The molecule has 0 atom stereocenters. The number of hydrogen-bond acceptors (Lipinski definition) is 0. The van der Waals surface area contributed by atoms with Gasteiger partial charge in [0, 0.05) is 0 Å². The van der Waals surface area contributed by atoms with Crippen molar-refractivity contribution < 1.29 is 56.0 Å². The van der Waals surface area contributed by atoms with Gasteiger partial charge in [-0.1, -0.05) is 0 Å². The second-order valence-electron chi connectivity index (χ2n) is 0. The van der Waals surface area contributed by atoms with E-state index in [1.165, 1.54) is 0 Å². The molecule has 0 aliphatic carbocycles. The molecule has 0 rings (SSSR count). The van der Waals surface area contributed by atoms with Crippen molar-refractivity contribution in [2.75, 3.05) is 0 Å². The maximum Gasteiger partial charge on any atom is 3.00 e. The van der Waals surface area contributed by atoms with E-state index in [1.807, 2.05) is 0 Å². The summed E-state index contributed by atoms with van der Waals surface area (Å²) in [5.41, 5.74) is 0. The monoisotopic (exact) mass is 286 g/mol. The number of hydrogen-bond donors (Lipinski definition) is 0. The second-order valence-corrected chi connectivity index (χ2v) is 0. The van der Waals surface area contributed by atoms with Gasteiger partial charge in [0.25, 0.3) is 0 Å². The van der Waals surface area contributed by atoms with Gasteiger partial charge in [-0.05, 0) is 0 Å². The predicted octanol–water partition coefficient (Wildman–Crippen LogP) is -0.243. The summed E-state index contributed by atoms with van der Waals surface area (Å²) < 4.78 is 0. The molecule has 0 heterocycles. The molecule has 2 nitrogen and oxygen atoms in total. The van der Waals surface area contributed by atoms with Gasteiger partial charge in [-0.3, -0.25) is 0 Å². The largest absolute Gasteiger partial charge is 3.00 e. The van der Waals surface area contributed by atoms with E-state index in [-0.39, 0.29) is 56.0 Å². The fourth-order valence-electron chi connectivity index (χ4n) is 0. The third kappa shape index (κ3) is 10.0. The molecule has 0 amide bonds. The van der Waals surface area contributed by atoms with E-state index in [4.69, 9.17) is 0 Å². The Balaban J connectivity index is 0. The molecule has 0 saturated heterocycles. The van der Waals surface area contributed by atoms with Gasteiger partial charge in [0.1, 0.15) is 0 Å². The molecular formula is CrHgO2. The maximum absolute atomic E-state index is 0. The van der Waals surface area contributed by atoms with Crippen LogP contribution in [0.4, 0.5) is 0 Å². The zero-order valence-electron chi connectivity index (χ0n) is 1.93. The molecule has 0 fully saturated rings. The average molecular weight is 285 g/mol. The zero-order valence-corrected chi connectivity index (χ0v) is 8.70. The fourth-order valence-corrected chi connectivity index (χ4v) is 0. The molecule has 0 N–H and O–H groups in total. The van der Waals surface area contributed by atoms with Gasteiger partial charge in [0.2, 0.25) is 0 Å². The average Bonchev–Trinajstić information content (AvgIpc) is 0. The van der Waals surface area contributed by atoms with E-state index in [9.17, 15) is 0 Å². The third-order valence-electron chi connectivity index (χ3n) is 0. The minimum Gasteiger partial charge on any atom is -2.00 e. The Labute approximate surface area is 55.8 Å². The Bertz CT molecular complexity index is 6.00. The standard InChI is InChI=1S/Cr.Hg.2O/q+3;+1;2*-2. The summed E-state index contributed by atoms with van der Waals surface area (Å²) in [5.74, 6) is 0. The molecule has 4 heteroatoms. The predicted molar refractivity (Wildman–Crippen MR) is 1.37 cm³/mol. The van der Waals surface area contributed by atoms with E-state index in [2.05, 4.69) is 0 Å². The van der Waals surface area contributed by atoms with Crippen molar-refractivity contribution in [1.82, 2.24) is 0 Å². The first-order valence-corrected chi connectivity index (χ1v) is 0. The van der Waals surface area contributed by atoms with Crippen LogP contribution in [0.5, 0.6) is 0 Å². The van der Waals surface area contributed by atoms with Gasteiger partial charge in [-0.15, -0.1) is 0 Å². The minimum absolute atomic E-state index is 0. The molecule has 0 bridgehead atoms. The van der Waals surface area contributed by atoms with Crippen LogP contribution in [-0.4, -0.2) is 0 Å². The molecule has 0 saturated carbocycles. The molecule has 0 aromatic rings. The first-order valence-electron chi connectivity index (χ1n) is 0. The Morgan fingerprint density at radius 2 is 0.750 bits per heavy atom. The molecule has 2 radical (unpaired) electrons. The summed E-state index contributed by atoms with van der Waals surface area (Å²) in [6.07, 6.45) is 0. The minimum atomic E-state index is 0. The Hall–Kier alpha value is 1.39. The summed E-state index contributed by atoms with van der Waals surface area (Å²) in [5, 5.41) is 0. The first kappa shape index (κ1) is 53.9. The van der Waals surface area contributed by atoms with Crippen molar-refractivity contribution in [3.8, 4) is 0 Å². The van der Waals surface area contributed by atoms with Crippen molar-refractivity contribution in [2.45, 2.75) is 0 Å². The van der Waals surface area contributed by atoms with Crippen LogP contribution >= 0.6 is 0 Å². The normalized spacial score (nSPS) is 0. The van der Waals surface area contributed by atoms with Crippen LogP contribution in [0.15, 0.2) is 0 Å². The molecule has 0 spiro atoms. The van der Waals surface area contributed by atoms with Crippen LogP contribution in [0.2, 0.25) is 0 Å². The van der Waals surface area contributed by atoms with Crippen LogP contribution in [0.1, 0.15) is 0 Å². The van der Waals surface area contributed by atoms with Crippen molar-refractivity contribution in [3.63, 3.8) is 0 Å². The van der Waals surface area contributed by atoms with Gasteiger partial charge in [-0.25, -0.2) is 0 Å². The first-order chi connectivity index (χ1) is 0. The van der Waals surface area contributed by atoms with E-state index in [0.29, 0.717) is 0 Å². The summed E-state index contributed by atoms with van der Waals surface area (Å²) in [7, 11) is 0. The van der Waals surface area contributed by atoms with Gasteiger partial charge >= 0.3 is 45.0 Å². The Kier molecular flexibility index (Phi) is 352. The van der Waals surface area contributed by atoms with Gasteiger partial charge in [0.05, 0.1) is 0 Å². The molecule has 0 unspecified atom stereocenters. The Morgan fingerprint density at radius 1 is 0.750 bits per heavy atom.